The zero-order valence-electron chi connectivity index (χ0n) is 29.6. The summed E-state index contributed by atoms with van der Waals surface area (Å²) in [4.78, 5) is 0. The van der Waals surface area contributed by atoms with Crippen molar-refractivity contribution in [2.45, 2.75) is 3.92 Å². The minimum atomic E-state index is -0.189. The van der Waals surface area contributed by atoms with E-state index in [1.54, 1.807) is 0 Å². The van der Waals surface area contributed by atoms with Crippen molar-refractivity contribution in [3.63, 3.8) is 0 Å². The molecule has 55 heavy (non-hydrogen) atoms. The molecular weight excluding hydrogens is 783 g/mol. The second kappa shape index (κ2) is 12.1. The maximum Gasteiger partial charge on any atom is 0.178 e. The van der Waals surface area contributed by atoms with Crippen molar-refractivity contribution in [1.29, 1.82) is 0 Å². The van der Waals surface area contributed by atoms with Crippen molar-refractivity contribution < 1.29 is 8.83 Å². The Morgan fingerprint density at radius 2 is 1.04 bits per heavy atom. The Bertz CT molecular complexity index is 3380. The maximum absolute atomic E-state index is 6.61. The third-order valence-electron chi connectivity index (χ3n) is 11.4. The van der Waals surface area contributed by atoms with Crippen molar-refractivity contribution in [3.05, 3.63) is 199 Å². The molecule has 0 radical (unpaired) electrons. The number of furan rings is 2. The standard InChI is InChI=1S/C52H31IO2/c1-2-10-32-27-33(20-19-31(32)9-1)34-21-25-49-46(28-34)43-23-24-44-47-29-35(22-26-50(47)55-52(44)51(43)54-49)37-14-7-16-39-38(37)15-8-17-40(39)45-30-36-11-3-6-18-48(53-36)42-13-5-4-12-41(42)45/h1-30,36H. The number of rotatable bonds is 3. The van der Waals surface area contributed by atoms with Gasteiger partial charge >= 0.3 is 0 Å². The minimum absolute atomic E-state index is 0.189. The van der Waals surface area contributed by atoms with E-state index in [1.807, 2.05) is 0 Å². The second-order valence-electron chi connectivity index (χ2n) is 14.5. The van der Waals surface area contributed by atoms with Crippen LogP contribution in [-0.4, -0.2) is 7.43 Å². The Labute approximate surface area is 327 Å². The largest absolute Gasteiger partial charge is 0.452 e. The number of fused-ring (bicyclic) bond motifs is 12. The quantitative estimate of drug-likeness (QED) is 0.131. The molecular formula is C52H31IO2. The fraction of sp³-hybridized carbons (Fsp3) is 0.0192. The first-order chi connectivity index (χ1) is 27.2. The SMILES string of the molecule is C1=CC2=IC(C=C1)C=C(c1cccc3c(-c4ccc5oc6c(ccc7c8cc(-c9ccc%10ccccc%10c9)ccc8oc76)c5c4)cccc13)c1ccccc12. The summed E-state index contributed by atoms with van der Waals surface area (Å²) in [6, 6.07) is 55.2. The predicted octanol–water partition coefficient (Wildman–Crippen LogP) is 14.6. The molecule has 0 aliphatic carbocycles. The van der Waals surface area contributed by atoms with Gasteiger partial charge in [0.15, 0.2) is 11.2 Å². The van der Waals surface area contributed by atoms with E-state index < -0.39 is 0 Å². The fourth-order valence-corrected chi connectivity index (χ4v) is 11.7. The Kier molecular flexibility index (Phi) is 6.84. The highest BCUT2D eigenvalue weighted by atomic mass is 127. The molecule has 1 unspecified atom stereocenters. The lowest BCUT2D eigenvalue weighted by Crippen LogP contribution is -2.00. The first kappa shape index (κ1) is 31.1. The maximum atomic E-state index is 6.61. The summed E-state index contributed by atoms with van der Waals surface area (Å²) in [5.41, 5.74) is 13.3. The highest BCUT2D eigenvalue weighted by molar-refractivity contribution is 14.2. The number of allylic oxidation sites excluding steroid dienone is 5. The van der Waals surface area contributed by atoms with E-state index >= 15 is 0 Å². The zero-order chi connectivity index (χ0) is 36.0. The minimum Gasteiger partial charge on any atom is -0.452 e. The Hall–Kier alpha value is -6.30. The summed E-state index contributed by atoms with van der Waals surface area (Å²) in [6.45, 7) is 0. The van der Waals surface area contributed by atoms with Crippen molar-refractivity contribution in [2.24, 2.45) is 0 Å². The molecule has 8 aromatic carbocycles. The van der Waals surface area contributed by atoms with Crippen LogP contribution >= 0.6 is 20.7 Å². The van der Waals surface area contributed by atoms with E-state index in [2.05, 4.69) is 182 Å². The topological polar surface area (TPSA) is 26.3 Å². The van der Waals surface area contributed by atoms with Crippen LogP contribution in [-0.2, 0) is 0 Å². The summed E-state index contributed by atoms with van der Waals surface area (Å²) in [5, 5.41) is 9.29. The van der Waals surface area contributed by atoms with Gasteiger partial charge in [-0.15, -0.1) is 20.7 Å². The molecule has 0 saturated carbocycles. The average molecular weight is 815 g/mol. The molecule has 12 rings (SSSR count). The van der Waals surface area contributed by atoms with Crippen LogP contribution in [0.1, 0.15) is 16.7 Å². The molecule has 2 aliphatic rings. The van der Waals surface area contributed by atoms with E-state index in [9.17, 15) is 0 Å². The molecule has 0 fully saturated rings. The number of alkyl halides is 1. The van der Waals surface area contributed by atoms with Gasteiger partial charge in [0.2, 0.25) is 0 Å². The third-order valence-corrected chi connectivity index (χ3v) is 14.5. The summed E-state index contributed by atoms with van der Waals surface area (Å²) < 4.78 is 15.1. The van der Waals surface area contributed by atoms with Gasteiger partial charge < -0.3 is 8.83 Å². The summed E-state index contributed by atoms with van der Waals surface area (Å²) in [6.07, 6.45) is 11.7. The summed E-state index contributed by atoms with van der Waals surface area (Å²) in [5.74, 6) is 0. The van der Waals surface area contributed by atoms with Gasteiger partial charge in [0, 0.05) is 29.0 Å². The van der Waals surface area contributed by atoms with E-state index in [1.165, 1.54) is 69.6 Å². The molecule has 2 bridgehead atoms. The lowest BCUT2D eigenvalue weighted by molar-refractivity contribution is 0.633. The molecule has 3 heteroatoms. The molecule has 2 aliphatic heterocycles. The normalized spacial score (nSPS) is 15.3. The van der Waals surface area contributed by atoms with Gasteiger partial charge in [-0.25, -0.2) is 0 Å². The average Bonchev–Trinajstić information content (AvgIpc) is 3.65. The number of benzene rings is 8. The van der Waals surface area contributed by atoms with Crippen LogP contribution in [0.3, 0.4) is 0 Å². The molecule has 0 saturated heterocycles. The first-order valence-corrected chi connectivity index (χ1v) is 21.1. The van der Waals surface area contributed by atoms with E-state index in [4.69, 9.17) is 8.83 Å². The van der Waals surface area contributed by atoms with Crippen LogP contribution in [0.2, 0.25) is 0 Å². The van der Waals surface area contributed by atoms with Crippen LogP contribution in [0, 0.1) is 0 Å². The molecule has 1 atom stereocenters. The van der Waals surface area contributed by atoms with Crippen LogP contribution in [0.15, 0.2) is 191 Å². The van der Waals surface area contributed by atoms with Crippen molar-refractivity contribution in [3.8, 4) is 22.3 Å². The summed E-state index contributed by atoms with van der Waals surface area (Å²) in [7, 11) is 0. The van der Waals surface area contributed by atoms with Gasteiger partial charge in [0.25, 0.3) is 0 Å². The summed E-state index contributed by atoms with van der Waals surface area (Å²) >= 11 is -0.189. The van der Waals surface area contributed by atoms with Crippen molar-refractivity contribution >= 4 is 95.2 Å². The number of halogens is 1. The van der Waals surface area contributed by atoms with Crippen molar-refractivity contribution in [2.75, 3.05) is 0 Å². The lowest BCUT2D eigenvalue weighted by Gasteiger charge is -2.16. The third kappa shape index (κ3) is 4.89. The monoisotopic (exact) mass is 814 g/mol. The van der Waals surface area contributed by atoms with Gasteiger partial charge in [0.05, 0.1) is 0 Å². The van der Waals surface area contributed by atoms with Gasteiger partial charge in [0.1, 0.15) is 11.2 Å². The van der Waals surface area contributed by atoms with Crippen molar-refractivity contribution in [1.82, 2.24) is 0 Å². The zero-order valence-corrected chi connectivity index (χ0v) is 31.7. The van der Waals surface area contributed by atoms with Crippen LogP contribution in [0.25, 0.3) is 93.2 Å². The van der Waals surface area contributed by atoms with Crippen LogP contribution in [0.5, 0.6) is 0 Å². The van der Waals surface area contributed by atoms with Gasteiger partial charge in [-0.3, -0.25) is 0 Å². The predicted molar refractivity (Wildman–Crippen MR) is 241 cm³/mol. The Morgan fingerprint density at radius 3 is 1.84 bits per heavy atom. The lowest BCUT2D eigenvalue weighted by atomic mass is 9.87. The molecule has 4 heterocycles. The van der Waals surface area contributed by atoms with Gasteiger partial charge in [-0.1, -0.05) is 133 Å². The van der Waals surface area contributed by atoms with Crippen LogP contribution in [0.4, 0.5) is 0 Å². The smallest absolute Gasteiger partial charge is 0.178 e. The highest BCUT2D eigenvalue weighted by Crippen LogP contribution is 2.43. The molecule has 2 aromatic heterocycles. The van der Waals surface area contributed by atoms with E-state index in [0.29, 0.717) is 3.92 Å². The first-order valence-electron chi connectivity index (χ1n) is 18.7. The number of hydrogen-bond acceptors (Lipinski definition) is 2. The fourth-order valence-electron chi connectivity index (χ4n) is 8.75. The molecule has 2 nitrogen and oxygen atoms in total. The van der Waals surface area contributed by atoms with Gasteiger partial charge in [-0.2, -0.15) is 0 Å². The molecule has 258 valence electrons. The molecule has 0 amide bonds. The number of hydrogen-bond donors (Lipinski definition) is 0. The van der Waals surface area contributed by atoms with E-state index in [-0.39, 0.29) is 20.7 Å². The van der Waals surface area contributed by atoms with Crippen LogP contribution < -0.4 is 0 Å². The Morgan fingerprint density at radius 1 is 0.418 bits per heavy atom. The Balaban J connectivity index is 0.978. The molecule has 0 N–H and O–H groups in total. The molecule has 0 spiro atoms. The van der Waals surface area contributed by atoms with Gasteiger partial charge in [-0.05, 0) is 115 Å². The molecule has 10 aromatic rings. The highest BCUT2D eigenvalue weighted by Gasteiger charge is 2.22. The van der Waals surface area contributed by atoms with E-state index in [0.717, 1.165) is 43.9 Å². The second-order valence-corrected chi connectivity index (χ2v) is 17.7.